The molecule has 1 aliphatic heterocycles. The lowest BCUT2D eigenvalue weighted by Crippen LogP contribution is -3.12. The zero-order valence-corrected chi connectivity index (χ0v) is 19.2. The van der Waals surface area contributed by atoms with Crippen molar-refractivity contribution in [3.63, 3.8) is 0 Å². The smallest absolute Gasteiger partial charge is 0.253 e. The first-order valence-corrected chi connectivity index (χ1v) is 11.5. The van der Waals surface area contributed by atoms with Crippen LogP contribution in [0.3, 0.4) is 0 Å². The summed E-state index contributed by atoms with van der Waals surface area (Å²) in [4.78, 5) is 19.4. The van der Waals surface area contributed by atoms with Crippen LogP contribution in [0.15, 0.2) is 29.1 Å². The van der Waals surface area contributed by atoms with Gasteiger partial charge in [0.05, 0.1) is 38.8 Å². The van der Waals surface area contributed by atoms with Gasteiger partial charge in [-0.05, 0) is 69.4 Å². The fraction of sp³-hybridized carbons (Fsp3) is 0.565. The van der Waals surface area contributed by atoms with E-state index < -0.39 is 0 Å². The van der Waals surface area contributed by atoms with Crippen molar-refractivity contribution in [1.29, 1.82) is 0 Å². The third kappa shape index (κ3) is 6.03. The molecule has 0 radical (unpaired) electrons. The van der Waals surface area contributed by atoms with Gasteiger partial charge in [-0.3, -0.25) is 4.79 Å². The monoisotopic (exact) mass is 431 g/mol. The van der Waals surface area contributed by atoms with Crippen LogP contribution in [0, 0.1) is 6.92 Å². The summed E-state index contributed by atoms with van der Waals surface area (Å²) in [7, 11) is 0. The molecule has 30 heavy (non-hydrogen) atoms. The van der Waals surface area contributed by atoms with Gasteiger partial charge in [-0.15, -0.1) is 0 Å². The van der Waals surface area contributed by atoms with Crippen LogP contribution in [-0.2, 0) is 11.3 Å². The van der Waals surface area contributed by atoms with Gasteiger partial charge in [-0.2, -0.15) is 0 Å². The van der Waals surface area contributed by atoms with Gasteiger partial charge in [0.1, 0.15) is 0 Å². The average molecular weight is 432 g/mol. The lowest BCUT2D eigenvalue weighted by molar-refractivity contribution is -0.895. The van der Waals surface area contributed by atoms with E-state index in [1.165, 1.54) is 10.5 Å². The largest absolute Gasteiger partial charge is 0.376 e. The third-order valence-electron chi connectivity index (χ3n) is 5.97. The fourth-order valence-corrected chi connectivity index (χ4v) is 4.20. The molecule has 0 aliphatic carbocycles. The molecule has 1 aromatic carbocycles. The summed E-state index contributed by atoms with van der Waals surface area (Å²) in [5.41, 5.74) is 2.74. The van der Waals surface area contributed by atoms with E-state index in [2.05, 4.69) is 42.0 Å². The first-order chi connectivity index (χ1) is 14.5. The zero-order chi connectivity index (χ0) is 21.5. The molecule has 1 saturated heterocycles. The molecule has 0 spiro atoms. The number of pyridine rings is 1. The second-order valence-corrected chi connectivity index (χ2v) is 8.55. The number of aromatic amines is 1. The third-order valence-corrected chi connectivity index (χ3v) is 6.37. The molecule has 0 unspecified atom stereocenters. The molecule has 1 aromatic heterocycles. The zero-order valence-electron chi connectivity index (χ0n) is 18.4. The number of benzene rings is 1. The van der Waals surface area contributed by atoms with E-state index in [0.29, 0.717) is 11.7 Å². The average Bonchev–Trinajstić information content (AvgIpc) is 3.26. The summed E-state index contributed by atoms with van der Waals surface area (Å²) < 4.78 is 5.71. The van der Waals surface area contributed by atoms with Gasteiger partial charge in [0.25, 0.3) is 5.56 Å². The number of hydrogen-bond acceptors (Lipinski definition) is 3. The number of aryl methyl sites for hydroxylation is 1. The molecular weight excluding hydrogens is 396 g/mol. The summed E-state index contributed by atoms with van der Waals surface area (Å²) in [6, 6.07) is 8.08. The maximum absolute atomic E-state index is 12.7. The molecule has 164 valence electrons. The minimum atomic E-state index is -0.0477. The van der Waals surface area contributed by atoms with E-state index in [1.807, 2.05) is 18.2 Å². The quantitative estimate of drug-likeness (QED) is 0.527. The van der Waals surface area contributed by atoms with Gasteiger partial charge in [-0.1, -0.05) is 11.6 Å². The second-order valence-electron chi connectivity index (χ2n) is 8.16. The van der Waals surface area contributed by atoms with Crippen molar-refractivity contribution < 1.29 is 9.64 Å². The molecule has 3 rings (SSSR count). The van der Waals surface area contributed by atoms with Crippen LogP contribution < -0.4 is 15.8 Å². The normalized spacial score (nSPS) is 16.3. The topological polar surface area (TPSA) is 61.8 Å². The van der Waals surface area contributed by atoms with Gasteiger partial charge in [-0.25, -0.2) is 0 Å². The van der Waals surface area contributed by atoms with Crippen LogP contribution >= 0.6 is 12.2 Å². The highest BCUT2D eigenvalue weighted by Gasteiger charge is 2.19. The van der Waals surface area contributed by atoms with Crippen molar-refractivity contribution in [1.82, 2.24) is 15.2 Å². The molecule has 0 saturated carbocycles. The van der Waals surface area contributed by atoms with E-state index in [1.54, 1.807) is 0 Å². The van der Waals surface area contributed by atoms with Crippen molar-refractivity contribution in [2.24, 2.45) is 0 Å². The number of rotatable bonds is 9. The second kappa shape index (κ2) is 10.9. The summed E-state index contributed by atoms with van der Waals surface area (Å²) in [5.74, 6) is 0. The van der Waals surface area contributed by atoms with E-state index >= 15 is 0 Å². The number of aromatic nitrogens is 1. The van der Waals surface area contributed by atoms with Crippen LogP contribution in [0.1, 0.15) is 37.8 Å². The maximum Gasteiger partial charge on any atom is 0.253 e. The molecular formula is C23H35N4O2S+. The Kier molecular flexibility index (Phi) is 8.24. The lowest BCUT2D eigenvalue weighted by Gasteiger charge is -2.28. The summed E-state index contributed by atoms with van der Waals surface area (Å²) >= 11 is 5.73. The Morgan fingerprint density at radius 3 is 2.83 bits per heavy atom. The number of likely N-dealkylation sites (N-methyl/N-ethyl adjacent to an activating group) is 1. The Hall–Kier alpha value is -1.96. The standard InChI is InChI=1S/C23H34N4O2S/c1-4-26(5-2)10-11-27(23(30)24-15-20-7-6-12-29-20)16-19-14-18-13-17(3)8-9-21(18)25-22(19)28/h8-9,13-14,20H,4-7,10-12,15-16H2,1-3H3,(H,24,30)(H,25,28)/p+1/t20-/m0/s1. The van der Waals surface area contributed by atoms with Crippen LogP contribution in [0.5, 0.6) is 0 Å². The van der Waals surface area contributed by atoms with Crippen molar-refractivity contribution in [2.75, 3.05) is 39.3 Å². The van der Waals surface area contributed by atoms with Crippen LogP contribution in [-0.4, -0.2) is 60.4 Å². The summed E-state index contributed by atoms with van der Waals surface area (Å²) in [6.07, 6.45) is 2.41. The predicted molar refractivity (Wildman–Crippen MR) is 126 cm³/mol. The number of nitrogens with zero attached hydrogens (tertiary/aromatic N) is 1. The molecule has 7 heteroatoms. The molecule has 3 N–H and O–H groups in total. The molecule has 1 aliphatic rings. The van der Waals surface area contributed by atoms with E-state index in [0.717, 1.165) is 68.6 Å². The summed E-state index contributed by atoms with van der Waals surface area (Å²) in [6.45, 7) is 12.5. The van der Waals surface area contributed by atoms with Gasteiger partial charge in [0.2, 0.25) is 0 Å². The van der Waals surface area contributed by atoms with Crippen molar-refractivity contribution in [2.45, 2.75) is 46.3 Å². The van der Waals surface area contributed by atoms with Crippen LogP contribution in [0.4, 0.5) is 0 Å². The van der Waals surface area contributed by atoms with Crippen LogP contribution in [0.2, 0.25) is 0 Å². The highest BCUT2D eigenvalue weighted by molar-refractivity contribution is 7.80. The molecule has 0 amide bonds. The molecule has 2 heterocycles. The Morgan fingerprint density at radius 1 is 1.33 bits per heavy atom. The first-order valence-electron chi connectivity index (χ1n) is 11.1. The van der Waals surface area contributed by atoms with Crippen molar-refractivity contribution in [3.8, 4) is 0 Å². The highest BCUT2D eigenvalue weighted by atomic mass is 32.1. The number of ether oxygens (including phenoxy) is 1. The number of thiocarbonyl (C=S) groups is 1. The Morgan fingerprint density at radius 2 is 2.13 bits per heavy atom. The molecule has 0 bridgehead atoms. The minimum absolute atomic E-state index is 0.0477. The summed E-state index contributed by atoms with van der Waals surface area (Å²) in [5, 5.41) is 5.13. The van der Waals surface area contributed by atoms with Gasteiger partial charge in [0, 0.05) is 24.2 Å². The molecule has 1 fully saturated rings. The SMILES string of the molecule is CC[NH+](CC)CCN(Cc1cc2cc(C)ccc2[nH]c1=O)C(=S)NC[C@@H]1CCCO1. The fourth-order valence-electron chi connectivity index (χ4n) is 3.96. The maximum atomic E-state index is 12.7. The molecule has 6 nitrogen and oxygen atoms in total. The first kappa shape index (κ1) is 22.7. The minimum Gasteiger partial charge on any atom is -0.376 e. The van der Waals surface area contributed by atoms with Gasteiger partial charge < -0.3 is 24.8 Å². The van der Waals surface area contributed by atoms with Gasteiger partial charge >= 0.3 is 0 Å². The van der Waals surface area contributed by atoms with Crippen LogP contribution in [0.25, 0.3) is 10.9 Å². The van der Waals surface area contributed by atoms with Gasteiger partial charge in [0.15, 0.2) is 5.11 Å². The predicted octanol–water partition coefficient (Wildman–Crippen LogP) is 1.62. The number of hydrogen-bond donors (Lipinski definition) is 3. The lowest BCUT2D eigenvalue weighted by atomic mass is 10.1. The highest BCUT2D eigenvalue weighted by Crippen LogP contribution is 2.14. The number of quaternary nitrogens is 1. The number of nitrogens with one attached hydrogen (secondary N) is 3. The molecule has 1 atom stereocenters. The Bertz CT molecular complexity index is 904. The Labute approximate surface area is 184 Å². The van der Waals surface area contributed by atoms with E-state index in [9.17, 15) is 4.79 Å². The number of fused-ring (bicyclic) bond motifs is 1. The van der Waals surface area contributed by atoms with Crippen molar-refractivity contribution >= 4 is 28.2 Å². The van der Waals surface area contributed by atoms with Crippen molar-refractivity contribution in [3.05, 3.63) is 45.7 Å². The van der Waals surface area contributed by atoms with E-state index in [4.69, 9.17) is 17.0 Å². The molecule has 2 aromatic rings. The number of H-pyrrole nitrogens is 1. The van der Waals surface area contributed by atoms with E-state index in [-0.39, 0.29) is 11.7 Å². The Balaban J connectivity index is 1.76.